The van der Waals surface area contributed by atoms with Crippen molar-refractivity contribution in [3.8, 4) is 0 Å². The Morgan fingerprint density at radius 3 is 2.27 bits per heavy atom. The molecule has 0 radical (unpaired) electrons. The Labute approximate surface area is 69.3 Å². The first-order valence-electron chi connectivity index (χ1n) is 3.86. The van der Waals surface area contributed by atoms with E-state index in [1.54, 1.807) is 0 Å². The third-order valence-corrected chi connectivity index (χ3v) is 1.56. The van der Waals surface area contributed by atoms with Crippen LogP contribution in [0.4, 0.5) is 0 Å². The fourth-order valence-electron chi connectivity index (χ4n) is 0.492. The molecular formula is C10H17N. The topological polar surface area (TPSA) is 26.0 Å². The lowest BCUT2D eigenvalue weighted by molar-refractivity contribution is 0.795. The van der Waals surface area contributed by atoms with Crippen LogP contribution in [0.1, 0.15) is 20.8 Å². The van der Waals surface area contributed by atoms with E-state index < -0.39 is 0 Å². The second-order valence-corrected chi connectivity index (χ2v) is 2.85. The molecule has 0 aromatic carbocycles. The van der Waals surface area contributed by atoms with E-state index in [0.29, 0.717) is 5.92 Å². The third-order valence-electron chi connectivity index (χ3n) is 1.56. The average molecular weight is 151 g/mol. The van der Waals surface area contributed by atoms with Crippen molar-refractivity contribution >= 4 is 0 Å². The molecular weight excluding hydrogens is 134 g/mol. The van der Waals surface area contributed by atoms with Gasteiger partial charge in [-0.15, -0.1) is 0 Å². The van der Waals surface area contributed by atoms with Crippen LogP contribution in [0.3, 0.4) is 0 Å². The molecule has 0 fully saturated rings. The van der Waals surface area contributed by atoms with Crippen molar-refractivity contribution in [2.45, 2.75) is 20.8 Å². The summed E-state index contributed by atoms with van der Waals surface area (Å²) in [6.45, 7) is 10.0. The van der Waals surface area contributed by atoms with Crippen molar-refractivity contribution in [2.24, 2.45) is 11.7 Å². The minimum atomic E-state index is 0.496. The largest absolute Gasteiger partial charge is 0.399 e. The summed E-state index contributed by atoms with van der Waals surface area (Å²) in [6, 6.07) is 0. The van der Waals surface area contributed by atoms with Crippen molar-refractivity contribution in [2.75, 3.05) is 0 Å². The Kier molecular flexibility index (Phi) is 4.35. The highest BCUT2D eigenvalue weighted by molar-refractivity contribution is 5.24. The Hall–Kier alpha value is -0.980. The van der Waals surface area contributed by atoms with Gasteiger partial charge in [-0.05, 0) is 18.9 Å². The first-order valence-corrected chi connectivity index (χ1v) is 3.86. The van der Waals surface area contributed by atoms with Gasteiger partial charge in [0.2, 0.25) is 0 Å². The summed E-state index contributed by atoms with van der Waals surface area (Å²) in [5.41, 5.74) is 7.44. The van der Waals surface area contributed by atoms with E-state index in [2.05, 4.69) is 20.4 Å². The summed E-state index contributed by atoms with van der Waals surface area (Å²) in [7, 11) is 0. The highest BCUT2D eigenvalue weighted by Gasteiger charge is 1.93. The van der Waals surface area contributed by atoms with E-state index in [0.717, 1.165) is 11.3 Å². The second kappa shape index (κ2) is 4.78. The Balaban J connectivity index is 4.04. The van der Waals surface area contributed by atoms with Crippen LogP contribution >= 0.6 is 0 Å². The fraction of sp³-hybridized carbons (Fsp3) is 0.400. The van der Waals surface area contributed by atoms with Gasteiger partial charge in [0.1, 0.15) is 0 Å². The molecule has 0 heterocycles. The van der Waals surface area contributed by atoms with Crippen molar-refractivity contribution < 1.29 is 0 Å². The maximum Gasteiger partial charge on any atom is 0.0270 e. The van der Waals surface area contributed by atoms with Gasteiger partial charge < -0.3 is 5.73 Å². The summed E-state index contributed by atoms with van der Waals surface area (Å²) >= 11 is 0. The summed E-state index contributed by atoms with van der Waals surface area (Å²) in [5.74, 6) is 0.496. The molecule has 0 unspecified atom stereocenters. The van der Waals surface area contributed by atoms with E-state index in [9.17, 15) is 0 Å². The van der Waals surface area contributed by atoms with Crippen molar-refractivity contribution in [3.63, 3.8) is 0 Å². The van der Waals surface area contributed by atoms with Gasteiger partial charge in [0.05, 0.1) is 0 Å². The number of nitrogens with two attached hydrogens (primary N) is 1. The first kappa shape index (κ1) is 10.0. The molecule has 0 saturated heterocycles. The second-order valence-electron chi connectivity index (χ2n) is 2.85. The molecule has 62 valence electrons. The Bertz CT molecular complexity index is 185. The van der Waals surface area contributed by atoms with Gasteiger partial charge in [-0.3, -0.25) is 0 Å². The molecule has 0 saturated carbocycles. The molecule has 2 N–H and O–H groups in total. The number of hydrogen-bond donors (Lipinski definition) is 1. The lowest BCUT2D eigenvalue weighted by Crippen LogP contribution is -1.93. The SMILES string of the molecule is C=C(/C=C\C(N)=C/C)C(C)C. The van der Waals surface area contributed by atoms with Crippen molar-refractivity contribution in [3.05, 3.63) is 36.1 Å². The number of hydrogen-bond acceptors (Lipinski definition) is 1. The maximum atomic E-state index is 5.55. The normalized spacial score (nSPS) is 12.9. The van der Waals surface area contributed by atoms with Gasteiger partial charge in [-0.1, -0.05) is 38.2 Å². The Morgan fingerprint density at radius 1 is 1.36 bits per heavy atom. The zero-order valence-corrected chi connectivity index (χ0v) is 7.59. The van der Waals surface area contributed by atoms with Gasteiger partial charge in [0.15, 0.2) is 0 Å². The van der Waals surface area contributed by atoms with E-state index in [1.165, 1.54) is 0 Å². The summed E-state index contributed by atoms with van der Waals surface area (Å²) in [6.07, 6.45) is 5.70. The quantitative estimate of drug-likeness (QED) is 0.616. The summed E-state index contributed by atoms with van der Waals surface area (Å²) in [4.78, 5) is 0. The standard InChI is InChI=1S/C10H17N/c1-5-10(11)7-6-9(4)8(2)3/h5-8H,4,11H2,1-3H3/b7-6-,10-5+. The van der Waals surface area contributed by atoms with Crippen molar-refractivity contribution in [1.82, 2.24) is 0 Å². The molecule has 0 bridgehead atoms. The van der Waals surface area contributed by atoms with Gasteiger partial charge in [-0.25, -0.2) is 0 Å². The van der Waals surface area contributed by atoms with E-state index in [1.807, 2.05) is 25.2 Å². The van der Waals surface area contributed by atoms with E-state index in [4.69, 9.17) is 5.73 Å². The molecule has 0 spiro atoms. The monoisotopic (exact) mass is 151 g/mol. The molecule has 0 aliphatic carbocycles. The summed E-state index contributed by atoms with van der Waals surface area (Å²) < 4.78 is 0. The van der Waals surface area contributed by atoms with Crippen LogP contribution in [0.25, 0.3) is 0 Å². The van der Waals surface area contributed by atoms with E-state index >= 15 is 0 Å². The molecule has 1 nitrogen and oxygen atoms in total. The third kappa shape index (κ3) is 4.43. The lowest BCUT2D eigenvalue weighted by atomic mass is 10.1. The molecule has 0 rings (SSSR count). The smallest absolute Gasteiger partial charge is 0.0270 e. The number of allylic oxidation sites excluding steroid dienone is 4. The highest BCUT2D eigenvalue weighted by Crippen LogP contribution is 2.07. The van der Waals surface area contributed by atoms with Crippen LogP contribution in [0.15, 0.2) is 36.1 Å². The molecule has 1 heteroatoms. The maximum absolute atomic E-state index is 5.55. The fourth-order valence-corrected chi connectivity index (χ4v) is 0.492. The average Bonchev–Trinajstić information content (AvgIpc) is 1.99. The molecule has 0 aliphatic rings. The van der Waals surface area contributed by atoms with Gasteiger partial charge in [0, 0.05) is 5.70 Å². The predicted molar refractivity (Wildman–Crippen MR) is 51.1 cm³/mol. The highest BCUT2D eigenvalue weighted by atomic mass is 14.5. The first-order chi connectivity index (χ1) is 5.07. The van der Waals surface area contributed by atoms with Crippen LogP contribution in [0.2, 0.25) is 0 Å². The zero-order valence-electron chi connectivity index (χ0n) is 7.59. The van der Waals surface area contributed by atoms with Gasteiger partial charge >= 0.3 is 0 Å². The molecule has 0 atom stereocenters. The lowest BCUT2D eigenvalue weighted by Gasteiger charge is -2.02. The van der Waals surface area contributed by atoms with Crippen LogP contribution in [0.5, 0.6) is 0 Å². The van der Waals surface area contributed by atoms with E-state index in [-0.39, 0.29) is 0 Å². The van der Waals surface area contributed by atoms with Crippen LogP contribution < -0.4 is 5.73 Å². The minimum Gasteiger partial charge on any atom is -0.399 e. The van der Waals surface area contributed by atoms with Crippen LogP contribution in [-0.4, -0.2) is 0 Å². The minimum absolute atomic E-state index is 0.496. The van der Waals surface area contributed by atoms with Crippen LogP contribution in [0, 0.1) is 5.92 Å². The summed E-state index contributed by atoms with van der Waals surface area (Å²) in [5, 5.41) is 0. The Morgan fingerprint density at radius 2 is 1.91 bits per heavy atom. The zero-order chi connectivity index (χ0) is 8.85. The van der Waals surface area contributed by atoms with Crippen LogP contribution in [-0.2, 0) is 0 Å². The van der Waals surface area contributed by atoms with Crippen molar-refractivity contribution in [1.29, 1.82) is 0 Å². The predicted octanol–water partition coefficient (Wildman–Crippen LogP) is 2.62. The number of rotatable bonds is 3. The molecule has 0 aromatic heterocycles. The molecule has 0 aromatic rings. The molecule has 11 heavy (non-hydrogen) atoms. The molecule has 0 amide bonds. The van der Waals surface area contributed by atoms with Gasteiger partial charge in [0.25, 0.3) is 0 Å². The van der Waals surface area contributed by atoms with Gasteiger partial charge in [-0.2, -0.15) is 0 Å². The molecule has 0 aliphatic heterocycles.